The third kappa shape index (κ3) is 4.21. The molecule has 0 aromatic heterocycles. The summed E-state index contributed by atoms with van der Waals surface area (Å²) in [7, 11) is 0. The average molecular weight is 367 g/mol. The van der Waals surface area contributed by atoms with Crippen LogP contribution in [0.15, 0.2) is 18.2 Å². The van der Waals surface area contributed by atoms with E-state index in [1.54, 1.807) is 0 Å². The van der Waals surface area contributed by atoms with Crippen molar-refractivity contribution in [2.75, 3.05) is 13.2 Å². The fourth-order valence-corrected chi connectivity index (χ4v) is 4.15. The van der Waals surface area contributed by atoms with Gasteiger partial charge in [0, 0.05) is 19.0 Å². The van der Waals surface area contributed by atoms with Gasteiger partial charge in [0.2, 0.25) is 5.91 Å². The SMILES string of the molecule is Cl.O=C(NCc1ccc2c(c1)OCCCO2)C1CC2CCCCC2N1. The number of nitrogens with one attached hydrogen (secondary N) is 2. The normalized spacial score (nSPS) is 27.6. The summed E-state index contributed by atoms with van der Waals surface area (Å²) in [6.45, 7) is 1.90. The highest BCUT2D eigenvalue weighted by atomic mass is 35.5. The molecule has 3 unspecified atom stereocenters. The van der Waals surface area contributed by atoms with Gasteiger partial charge in [0.15, 0.2) is 11.5 Å². The Balaban J connectivity index is 0.00000182. The van der Waals surface area contributed by atoms with Gasteiger partial charge < -0.3 is 20.1 Å². The smallest absolute Gasteiger partial charge is 0.237 e. The van der Waals surface area contributed by atoms with Crippen LogP contribution in [0, 0.1) is 5.92 Å². The number of amides is 1. The van der Waals surface area contributed by atoms with E-state index < -0.39 is 0 Å². The Morgan fingerprint density at radius 2 is 1.92 bits per heavy atom. The monoisotopic (exact) mass is 366 g/mol. The van der Waals surface area contributed by atoms with Crippen LogP contribution in [-0.2, 0) is 11.3 Å². The summed E-state index contributed by atoms with van der Waals surface area (Å²) in [6.07, 6.45) is 6.97. The van der Waals surface area contributed by atoms with E-state index in [9.17, 15) is 4.79 Å². The van der Waals surface area contributed by atoms with Crippen molar-refractivity contribution >= 4 is 18.3 Å². The number of fused-ring (bicyclic) bond motifs is 2. The molecule has 1 saturated carbocycles. The highest BCUT2D eigenvalue weighted by Crippen LogP contribution is 2.33. The van der Waals surface area contributed by atoms with Crippen LogP contribution < -0.4 is 20.1 Å². The number of carbonyl (C=O) groups excluding carboxylic acids is 1. The number of hydrogen-bond acceptors (Lipinski definition) is 4. The molecule has 2 heterocycles. The number of carbonyl (C=O) groups is 1. The lowest BCUT2D eigenvalue weighted by Crippen LogP contribution is -2.42. The molecule has 3 atom stereocenters. The largest absolute Gasteiger partial charge is 0.490 e. The predicted octanol–water partition coefficient (Wildman–Crippen LogP) is 2.81. The first-order valence-corrected chi connectivity index (χ1v) is 9.22. The van der Waals surface area contributed by atoms with Gasteiger partial charge in [-0.1, -0.05) is 18.9 Å². The van der Waals surface area contributed by atoms with E-state index >= 15 is 0 Å². The van der Waals surface area contributed by atoms with E-state index in [1.807, 2.05) is 18.2 Å². The van der Waals surface area contributed by atoms with E-state index in [1.165, 1.54) is 25.7 Å². The molecule has 2 aliphatic heterocycles. The molecule has 1 amide bonds. The third-order valence-corrected chi connectivity index (χ3v) is 5.46. The highest BCUT2D eigenvalue weighted by molar-refractivity contribution is 5.85. The lowest BCUT2D eigenvalue weighted by atomic mass is 9.85. The van der Waals surface area contributed by atoms with Gasteiger partial charge in [0.25, 0.3) is 0 Å². The standard InChI is InChI=1S/C19H26N2O3.ClH/c22-19(16-11-14-4-1-2-5-15(14)21-16)20-12-13-6-7-17-18(10-13)24-9-3-8-23-17;/h6-7,10,14-16,21H,1-5,8-9,11-12H2,(H,20,22);1H. The summed E-state index contributed by atoms with van der Waals surface area (Å²) in [5.74, 6) is 2.39. The Kier molecular flexibility index (Phi) is 6.07. The summed E-state index contributed by atoms with van der Waals surface area (Å²) >= 11 is 0. The second kappa shape index (κ2) is 8.28. The average Bonchev–Trinajstić information content (AvgIpc) is 2.91. The van der Waals surface area contributed by atoms with Crippen LogP contribution in [0.2, 0.25) is 0 Å². The molecule has 1 aliphatic carbocycles. The number of rotatable bonds is 3. The van der Waals surface area contributed by atoms with E-state index in [0.29, 0.717) is 31.7 Å². The van der Waals surface area contributed by atoms with Gasteiger partial charge in [-0.15, -0.1) is 12.4 Å². The van der Waals surface area contributed by atoms with Crippen LogP contribution in [0.1, 0.15) is 44.1 Å². The Morgan fingerprint density at radius 3 is 2.76 bits per heavy atom. The summed E-state index contributed by atoms with van der Waals surface area (Å²) < 4.78 is 11.4. The van der Waals surface area contributed by atoms with E-state index in [4.69, 9.17) is 9.47 Å². The van der Waals surface area contributed by atoms with Crippen molar-refractivity contribution < 1.29 is 14.3 Å². The van der Waals surface area contributed by atoms with Gasteiger partial charge in [-0.3, -0.25) is 4.79 Å². The van der Waals surface area contributed by atoms with Crippen LogP contribution in [-0.4, -0.2) is 31.2 Å². The highest BCUT2D eigenvalue weighted by Gasteiger charge is 2.37. The topological polar surface area (TPSA) is 59.6 Å². The first kappa shape index (κ1) is 18.3. The van der Waals surface area contributed by atoms with Gasteiger partial charge in [0.05, 0.1) is 19.3 Å². The van der Waals surface area contributed by atoms with Crippen molar-refractivity contribution in [2.45, 2.75) is 57.2 Å². The maximum absolute atomic E-state index is 12.5. The fourth-order valence-electron chi connectivity index (χ4n) is 4.15. The summed E-state index contributed by atoms with van der Waals surface area (Å²) in [5, 5.41) is 6.61. The minimum absolute atomic E-state index is 0. The van der Waals surface area contributed by atoms with Crippen molar-refractivity contribution in [3.8, 4) is 11.5 Å². The molecule has 3 aliphatic rings. The molecule has 0 bridgehead atoms. The minimum atomic E-state index is -0.0292. The summed E-state index contributed by atoms with van der Waals surface area (Å²) in [6, 6.07) is 6.43. The predicted molar refractivity (Wildman–Crippen MR) is 98.4 cm³/mol. The van der Waals surface area contributed by atoms with Gasteiger partial charge in [0.1, 0.15) is 0 Å². The Hall–Kier alpha value is -1.46. The number of ether oxygens (including phenoxy) is 2. The summed E-state index contributed by atoms with van der Waals surface area (Å²) in [4.78, 5) is 12.5. The molecular weight excluding hydrogens is 340 g/mol. The van der Waals surface area contributed by atoms with Gasteiger partial charge >= 0.3 is 0 Å². The molecule has 2 fully saturated rings. The number of halogens is 1. The molecule has 25 heavy (non-hydrogen) atoms. The van der Waals surface area contributed by atoms with Crippen molar-refractivity contribution in [2.24, 2.45) is 5.92 Å². The van der Waals surface area contributed by atoms with Gasteiger partial charge in [-0.2, -0.15) is 0 Å². The molecule has 5 nitrogen and oxygen atoms in total. The van der Waals surface area contributed by atoms with Gasteiger partial charge in [-0.25, -0.2) is 0 Å². The van der Waals surface area contributed by atoms with E-state index in [-0.39, 0.29) is 24.4 Å². The molecule has 1 aromatic rings. The van der Waals surface area contributed by atoms with Gasteiger partial charge in [-0.05, 0) is 42.9 Å². The lowest BCUT2D eigenvalue weighted by Gasteiger charge is -2.24. The van der Waals surface area contributed by atoms with E-state index in [0.717, 1.165) is 29.9 Å². The maximum atomic E-state index is 12.5. The van der Waals surface area contributed by atoms with Crippen molar-refractivity contribution in [3.63, 3.8) is 0 Å². The van der Waals surface area contributed by atoms with Crippen LogP contribution in [0.4, 0.5) is 0 Å². The first-order valence-electron chi connectivity index (χ1n) is 9.22. The second-order valence-electron chi connectivity index (χ2n) is 7.16. The molecule has 2 N–H and O–H groups in total. The van der Waals surface area contributed by atoms with Crippen LogP contribution in [0.5, 0.6) is 11.5 Å². The molecule has 1 aromatic carbocycles. The van der Waals surface area contributed by atoms with Crippen molar-refractivity contribution in [1.82, 2.24) is 10.6 Å². The molecular formula is C19H27ClN2O3. The Labute approximate surface area is 155 Å². The third-order valence-electron chi connectivity index (χ3n) is 5.46. The molecule has 4 rings (SSSR count). The molecule has 0 spiro atoms. The van der Waals surface area contributed by atoms with Crippen LogP contribution in [0.3, 0.4) is 0 Å². The zero-order chi connectivity index (χ0) is 16.4. The fraction of sp³-hybridized carbons (Fsp3) is 0.632. The number of hydrogen-bond donors (Lipinski definition) is 2. The molecule has 1 saturated heterocycles. The van der Waals surface area contributed by atoms with Crippen molar-refractivity contribution in [3.05, 3.63) is 23.8 Å². The maximum Gasteiger partial charge on any atom is 0.237 e. The minimum Gasteiger partial charge on any atom is -0.490 e. The Bertz CT molecular complexity index is 596. The van der Waals surface area contributed by atoms with E-state index in [2.05, 4.69) is 10.6 Å². The second-order valence-corrected chi connectivity index (χ2v) is 7.16. The zero-order valence-electron chi connectivity index (χ0n) is 14.5. The quantitative estimate of drug-likeness (QED) is 0.863. The molecule has 6 heteroatoms. The number of benzene rings is 1. The first-order chi connectivity index (χ1) is 11.8. The summed E-state index contributed by atoms with van der Waals surface area (Å²) in [5.41, 5.74) is 1.04. The van der Waals surface area contributed by atoms with Crippen LogP contribution in [0.25, 0.3) is 0 Å². The molecule has 138 valence electrons. The lowest BCUT2D eigenvalue weighted by molar-refractivity contribution is -0.123. The molecule has 0 radical (unpaired) electrons. The van der Waals surface area contributed by atoms with Crippen molar-refractivity contribution in [1.29, 1.82) is 0 Å². The van der Waals surface area contributed by atoms with Crippen LogP contribution >= 0.6 is 12.4 Å². The Morgan fingerprint density at radius 1 is 1.12 bits per heavy atom. The zero-order valence-corrected chi connectivity index (χ0v) is 15.3.